The van der Waals surface area contributed by atoms with Gasteiger partial charge in [-0.05, 0) is 12.8 Å². The minimum absolute atomic E-state index is 0.0555. The number of nitrogens with one attached hydrogen (secondary N) is 3. The number of hydrogen-bond acceptors (Lipinski definition) is 31. The highest BCUT2D eigenvalue weighted by atomic mass is 32.2. The lowest BCUT2D eigenvalue weighted by molar-refractivity contribution is -0.381. The molecule has 0 aromatic heterocycles. The molecule has 0 bridgehead atoms. The summed E-state index contributed by atoms with van der Waals surface area (Å²) in [5, 5.41) is 170. The average molecular weight is 1300 g/mol. The number of carbonyl (C=O) groups is 6. The number of thioether (sulfide) groups is 1. The Kier molecular flexibility index (Phi) is 27.8. The summed E-state index contributed by atoms with van der Waals surface area (Å²) in [6.07, 6.45) is -40.7. The smallest absolute Gasteiger partial charge is 0.364 e. The van der Waals surface area contributed by atoms with Crippen molar-refractivity contribution in [3.8, 4) is 0 Å². The van der Waals surface area contributed by atoms with Crippen molar-refractivity contribution in [2.75, 3.05) is 65.5 Å². The molecule has 0 aromatic rings. The average Bonchev–Trinajstić information content (AvgIpc) is 1.45. The van der Waals surface area contributed by atoms with E-state index < -0.39 is 234 Å². The number of rotatable bonds is 30. The van der Waals surface area contributed by atoms with Gasteiger partial charge in [-0.2, -0.15) is 0 Å². The molecule has 5 amide bonds. The number of carboxylic acid groups (broad SMARTS) is 1. The van der Waals surface area contributed by atoms with E-state index in [0.717, 1.165) is 23.6 Å². The number of ether oxygens (including phenoxy) is 10. The first-order valence-electron chi connectivity index (χ1n) is 28.9. The van der Waals surface area contributed by atoms with Crippen LogP contribution in [0.1, 0.15) is 59.3 Å². The SMILES string of the molecule is CNC(=O)CCCCN1C(=O)CC(SCCC(=O)NCCO[C@@H]2OC(CO)[C@H](O)C(O[C@@H]3OC(CO[C@]4(C(=O)O)C[C@@H](O)[C@@H](C)C([C@H](O)[C@H](O)CO)O4)[C@@H](O)C(O[C@@H]4OC(CO)[C@H](O[C@@H]5OC(CO)[C@H](O)C(O)[C@@H]5C)C(O)[C@@H]4O)[C@@H]3NC(C)=O)[C@@H]2O)C1=O. The summed E-state index contributed by atoms with van der Waals surface area (Å²) >= 11 is 1.12. The Bertz CT molecular complexity index is 2290. The second-order valence-corrected chi connectivity index (χ2v) is 23.7. The van der Waals surface area contributed by atoms with Crippen molar-refractivity contribution < 1.29 is 153 Å². The molecule has 0 radical (unpaired) electrons. The normalized spacial score (nSPS) is 40.5. The van der Waals surface area contributed by atoms with Crippen molar-refractivity contribution in [2.24, 2.45) is 11.8 Å². The number of imide groups is 1. The van der Waals surface area contributed by atoms with Crippen LogP contribution in [0.2, 0.25) is 0 Å². The van der Waals surface area contributed by atoms with E-state index in [1.807, 2.05) is 0 Å². The standard InChI is InChI=1S/C52H86N4O31S/c1-20-23(62)14-52(51(76)77,87-42(20)35(68)24(63)15-57)79-19-28-38(71)44(85-50-40(73)39(72)43(27(18-60)82-50)84-47-21(2)34(67)36(69)25(16-58)80-47)33(55-22(3)61)48(83-28)86-45-37(70)26(17-59)81-49(41(45)74)78-11-9-54-31(65)8-12-88-29-13-32(66)56(46(29)75)10-6-5-7-30(64)53-4/h20-21,23-29,33-45,47-50,57-60,62-63,67-74H,5-19H2,1-4H3,(H,53,64)(H,54,65)(H,55,61)(H,76,77)/t20-,21+,23-,24-,25?,26?,27?,28?,29?,33+,34?,35-,36+,37+,38-,39?,40+,41+,42?,43+,44?,45?,47+,48+,49-,50+,52-/m1/s1. The summed E-state index contributed by atoms with van der Waals surface area (Å²) in [4.78, 5) is 77.1. The van der Waals surface area contributed by atoms with Crippen LogP contribution in [0.25, 0.3) is 0 Å². The molecule has 10 unspecified atom stereocenters. The van der Waals surface area contributed by atoms with Crippen LogP contribution >= 0.6 is 11.8 Å². The van der Waals surface area contributed by atoms with Gasteiger partial charge in [-0.15, -0.1) is 11.8 Å². The molecule has 0 aliphatic carbocycles. The molecule has 6 fully saturated rings. The summed E-state index contributed by atoms with van der Waals surface area (Å²) in [5.41, 5.74) is 0. The number of nitrogens with zero attached hydrogens (tertiary/aromatic N) is 1. The van der Waals surface area contributed by atoms with Crippen LogP contribution in [0, 0.1) is 11.8 Å². The van der Waals surface area contributed by atoms with Gasteiger partial charge in [0.25, 0.3) is 5.79 Å². The molecule has 0 spiro atoms. The van der Waals surface area contributed by atoms with Gasteiger partial charge in [-0.1, -0.05) is 13.8 Å². The van der Waals surface area contributed by atoms with Crippen molar-refractivity contribution in [1.29, 1.82) is 0 Å². The molecule has 27 atom stereocenters. The number of carbonyl (C=O) groups excluding carboxylic acids is 5. The predicted molar refractivity (Wildman–Crippen MR) is 288 cm³/mol. The Morgan fingerprint density at radius 1 is 0.705 bits per heavy atom. The molecule has 0 aromatic carbocycles. The van der Waals surface area contributed by atoms with E-state index in [0.29, 0.717) is 12.8 Å². The third kappa shape index (κ3) is 17.6. The van der Waals surface area contributed by atoms with E-state index >= 15 is 0 Å². The van der Waals surface area contributed by atoms with Crippen LogP contribution in [-0.2, 0) is 76.1 Å². The number of hydrogen-bond donors (Lipinski definition) is 18. The summed E-state index contributed by atoms with van der Waals surface area (Å²) in [5.74, 6) is -9.17. The fourth-order valence-electron chi connectivity index (χ4n) is 11.0. The van der Waals surface area contributed by atoms with Crippen molar-refractivity contribution in [1.82, 2.24) is 20.9 Å². The number of unbranched alkanes of at least 4 members (excludes halogenated alkanes) is 1. The number of carboxylic acids is 1. The molecule has 6 rings (SSSR count). The monoisotopic (exact) mass is 1290 g/mol. The Morgan fingerprint density at radius 2 is 1.32 bits per heavy atom. The van der Waals surface area contributed by atoms with E-state index in [4.69, 9.17) is 47.4 Å². The molecule has 36 heteroatoms. The zero-order chi connectivity index (χ0) is 65.1. The Morgan fingerprint density at radius 3 is 1.95 bits per heavy atom. The molecule has 6 aliphatic rings. The lowest BCUT2D eigenvalue weighted by atomic mass is 9.84. The minimum Gasteiger partial charge on any atom is -0.477 e. The Hall–Kier alpha value is -3.59. The third-order valence-electron chi connectivity index (χ3n) is 16.3. The van der Waals surface area contributed by atoms with Gasteiger partial charge in [0, 0.05) is 70.3 Å². The van der Waals surface area contributed by atoms with Gasteiger partial charge in [0.15, 0.2) is 25.2 Å². The molecule has 6 heterocycles. The van der Waals surface area contributed by atoms with Crippen LogP contribution in [0.5, 0.6) is 0 Å². The summed E-state index contributed by atoms with van der Waals surface area (Å²) in [7, 11) is 1.50. The fraction of sp³-hybridized carbons (Fsp3) is 0.885. The van der Waals surface area contributed by atoms with E-state index in [2.05, 4.69) is 16.0 Å². The Labute approximate surface area is 508 Å². The highest BCUT2D eigenvalue weighted by Gasteiger charge is 2.59. The maximum Gasteiger partial charge on any atom is 0.364 e. The maximum absolute atomic E-state index is 13.1. The predicted octanol–water partition coefficient (Wildman–Crippen LogP) is -9.72. The zero-order valence-corrected chi connectivity index (χ0v) is 49.5. The van der Waals surface area contributed by atoms with E-state index in [1.54, 1.807) is 0 Å². The third-order valence-corrected chi connectivity index (χ3v) is 17.5. The van der Waals surface area contributed by atoms with E-state index in [-0.39, 0.29) is 49.9 Å². The molecule has 506 valence electrons. The van der Waals surface area contributed by atoms with E-state index in [9.17, 15) is 105 Å². The summed E-state index contributed by atoms with van der Waals surface area (Å²) < 4.78 is 58.7. The maximum atomic E-state index is 13.1. The molecule has 18 N–H and O–H groups in total. The first-order chi connectivity index (χ1) is 41.7. The number of aliphatic carboxylic acids is 1. The van der Waals surface area contributed by atoms with Gasteiger partial charge in [0.05, 0.1) is 63.2 Å². The van der Waals surface area contributed by atoms with Gasteiger partial charge < -0.3 is 140 Å². The molecule has 6 saturated heterocycles. The number of likely N-dealkylation sites (tertiary alicyclic amines) is 1. The summed E-state index contributed by atoms with van der Waals surface area (Å²) in [6, 6.07) is -1.88. The molecule has 6 aliphatic heterocycles. The van der Waals surface area contributed by atoms with Crippen LogP contribution in [-0.4, -0.2) is 335 Å². The van der Waals surface area contributed by atoms with Crippen molar-refractivity contribution in [3.05, 3.63) is 0 Å². The van der Waals surface area contributed by atoms with Crippen LogP contribution < -0.4 is 16.0 Å². The highest BCUT2D eigenvalue weighted by Crippen LogP contribution is 2.40. The van der Waals surface area contributed by atoms with Crippen molar-refractivity contribution >= 4 is 47.3 Å². The van der Waals surface area contributed by atoms with Gasteiger partial charge in [0.2, 0.25) is 29.5 Å². The fourth-order valence-corrected chi connectivity index (χ4v) is 12.1. The molecular weight excluding hydrogens is 1210 g/mol. The quantitative estimate of drug-likeness (QED) is 0.0235. The van der Waals surface area contributed by atoms with Crippen LogP contribution in [0.15, 0.2) is 0 Å². The van der Waals surface area contributed by atoms with Gasteiger partial charge in [0.1, 0.15) is 97.6 Å². The van der Waals surface area contributed by atoms with Gasteiger partial charge in [-0.25, -0.2) is 4.79 Å². The lowest BCUT2D eigenvalue weighted by Crippen LogP contribution is -2.70. The second-order valence-electron chi connectivity index (χ2n) is 22.4. The number of aliphatic hydroxyl groups is 14. The van der Waals surface area contributed by atoms with Crippen LogP contribution in [0.4, 0.5) is 0 Å². The second kappa shape index (κ2) is 33.3. The zero-order valence-electron chi connectivity index (χ0n) is 48.7. The lowest BCUT2D eigenvalue weighted by Gasteiger charge is -2.51. The topological polar surface area (TPSA) is 538 Å². The van der Waals surface area contributed by atoms with Crippen molar-refractivity contribution in [2.45, 2.75) is 211 Å². The number of amides is 5. The molecule has 35 nitrogen and oxygen atoms in total. The largest absolute Gasteiger partial charge is 0.477 e. The Balaban J connectivity index is 1.19. The van der Waals surface area contributed by atoms with E-state index in [1.165, 1.54) is 20.9 Å². The van der Waals surface area contributed by atoms with Crippen LogP contribution in [0.3, 0.4) is 0 Å². The molecule has 0 saturated carbocycles. The number of aliphatic hydroxyl groups excluding tert-OH is 14. The van der Waals surface area contributed by atoms with Gasteiger partial charge >= 0.3 is 5.97 Å². The van der Waals surface area contributed by atoms with Gasteiger partial charge in [-0.3, -0.25) is 28.9 Å². The highest BCUT2D eigenvalue weighted by molar-refractivity contribution is 8.00. The molecule has 88 heavy (non-hydrogen) atoms. The summed E-state index contributed by atoms with van der Waals surface area (Å²) in [6.45, 7) is -1.61. The molecular formula is C52H86N4O31S. The minimum atomic E-state index is -2.93. The van der Waals surface area contributed by atoms with Crippen molar-refractivity contribution in [3.63, 3.8) is 0 Å². The first kappa shape index (κ1) is 73.5. The first-order valence-corrected chi connectivity index (χ1v) is 29.9.